The van der Waals surface area contributed by atoms with E-state index >= 15 is 0 Å². The number of nitrogens with zero attached hydrogens (tertiary/aromatic N) is 1. The third kappa shape index (κ3) is 3.32. The van der Waals surface area contributed by atoms with Crippen LogP contribution in [-0.2, 0) is 19.4 Å². The number of fused-ring (bicyclic) bond motifs is 1. The normalized spacial score (nSPS) is 17.3. The van der Waals surface area contributed by atoms with Crippen molar-refractivity contribution < 1.29 is 4.79 Å². The fraction of sp³-hybridized carbons (Fsp3) is 0.412. The Labute approximate surface area is 129 Å². The summed E-state index contributed by atoms with van der Waals surface area (Å²) in [5.74, 6) is 0.824. The molecule has 3 nitrogen and oxygen atoms in total. The van der Waals surface area contributed by atoms with E-state index in [0.29, 0.717) is 6.54 Å². The third-order valence-electron chi connectivity index (χ3n) is 4.16. The number of carbonyl (C=O) groups excluding carboxylic acids is 1. The third-order valence-corrected chi connectivity index (χ3v) is 5.40. The van der Waals surface area contributed by atoms with Crippen LogP contribution in [0.25, 0.3) is 0 Å². The number of aromatic nitrogens is 1. The summed E-state index contributed by atoms with van der Waals surface area (Å²) in [5.41, 5.74) is 2.42. The highest BCUT2D eigenvalue weighted by atomic mass is 32.1. The molecule has 1 aliphatic carbocycles. The van der Waals surface area contributed by atoms with Gasteiger partial charge in [0.15, 0.2) is 0 Å². The number of hydrogen-bond donors (Lipinski definition) is 1. The second kappa shape index (κ2) is 6.39. The average molecular weight is 300 g/mol. The van der Waals surface area contributed by atoms with Crippen LogP contribution in [0.1, 0.15) is 45.4 Å². The first-order valence-electron chi connectivity index (χ1n) is 7.55. The summed E-state index contributed by atoms with van der Waals surface area (Å²) in [6, 6.07) is 5.95. The molecule has 1 N–H and O–H groups in total. The fourth-order valence-corrected chi connectivity index (χ4v) is 3.96. The number of thiophene rings is 1. The fourth-order valence-electron chi connectivity index (χ4n) is 2.83. The van der Waals surface area contributed by atoms with E-state index in [2.05, 4.69) is 23.3 Å². The average Bonchev–Trinajstić information content (AvgIpc) is 2.96. The van der Waals surface area contributed by atoms with Crippen LogP contribution in [0.4, 0.5) is 0 Å². The van der Waals surface area contributed by atoms with E-state index in [1.165, 1.54) is 23.3 Å². The number of nitrogens with one attached hydrogen (secondary N) is 1. The molecule has 0 saturated heterocycles. The van der Waals surface area contributed by atoms with Crippen molar-refractivity contribution in [3.05, 3.63) is 51.5 Å². The highest BCUT2D eigenvalue weighted by molar-refractivity contribution is 7.14. The SMILES string of the molecule is CC[C@H]1CCc2sc(C(=O)NCc3cccnc3)cc2C1. The Kier molecular flexibility index (Phi) is 4.34. The first-order chi connectivity index (χ1) is 10.3. The van der Waals surface area contributed by atoms with Crippen molar-refractivity contribution in [1.82, 2.24) is 10.3 Å². The standard InChI is InChI=1S/C17H20N2OS/c1-2-12-5-6-15-14(8-12)9-16(21-15)17(20)19-11-13-4-3-7-18-10-13/h3-4,7,9-10,12H,2,5-6,8,11H2,1H3,(H,19,20)/t12-/m0/s1. The Balaban J connectivity index is 1.65. The summed E-state index contributed by atoms with van der Waals surface area (Å²) >= 11 is 1.66. The van der Waals surface area contributed by atoms with Crippen molar-refractivity contribution in [3.63, 3.8) is 0 Å². The minimum atomic E-state index is 0.0336. The van der Waals surface area contributed by atoms with Gasteiger partial charge < -0.3 is 5.32 Å². The van der Waals surface area contributed by atoms with E-state index in [1.807, 2.05) is 12.1 Å². The van der Waals surface area contributed by atoms with Gasteiger partial charge in [0.25, 0.3) is 5.91 Å². The second-order valence-corrected chi connectivity index (χ2v) is 6.76. The van der Waals surface area contributed by atoms with Crippen LogP contribution in [0.15, 0.2) is 30.6 Å². The molecule has 0 radical (unpaired) electrons. The van der Waals surface area contributed by atoms with Crippen LogP contribution >= 0.6 is 11.3 Å². The summed E-state index contributed by atoms with van der Waals surface area (Å²) in [6.07, 6.45) is 8.29. The number of pyridine rings is 1. The quantitative estimate of drug-likeness (QED) is 0.937. The lowest BCUT2D eigenvalue weighted by molar-refractivity contribution is 0.0955. The van der Waals surface area contributed by atoms with Gasteiger partial charge in [0.2, 0.25) is 0 Å². The van der Waals surface area contributed by atoms with Gasteiger partial charge in [-0.05, 0) is 48.4 Å². The number of carbonyl (C=O) groups is 1. The van der Waals surface area contributed by atoms with E-state index in [0.717, 1.165) is 29.2 Å². The van der Waals surface area contributed by atoms with Crippen LogP contribution in [0.5, 0.6) is 0 Å². The summed E-state index contributed by atoms with van der Waals surface area (Å²) < 4.78 is 0. The molecule has 21 heavy (non-hydrogen) atoms. The molecule has 1 aliphatic rings. The Hall–Kier alpha value is -1.68. The van der Waals surface area contributed by atoms with Crippen molar-refractivity contribution in [2.75, 3.05) is 0 Å². The Morgan fingerprint density at radius 3 is 3.19 bits per heavy atom. The molecule has 110 valence electrons. The molecule has 0 aliphatic heterocycles. The van der Waals surface area contributed by atoms with Crippen molar-refractivity contribution in [2.45, 2.75) is 39.2 Å². The molecule has 2 aromatic heterocycles. The molecule has 1 amide bonds. The monoisotopic (exact) mass is 300 g/mol. The van der Waals surface area contributed by atoms with Crippen molar-refractivity contribution >= 4 is 17.2 Å². The number of hydrogen-bond acceptors (Lipinski definition) is 3. The molecule has 2 aromatic rings. The summed E-state index contributed by atoms with van der Waals surface area (Å²) in [7, 11) is 0. The van der Waals surface area contributed by atoms with Crippen molar-refractivity contribution in [3.8, 4) is 0 Å². The second-order valence-electron chi connectivity index (χ2n) is 5.62. The highest BCUT2D eigenvalue weighted by Gasteiger charge is 2.21. The molecular weight excluding hydrogens is 280 g/mol. The maximum Gasteiger partial charge on any atom is 0.261 e. The summed E-state index contributed by atoms with van der Waals surface area (Å²) in [6.45, 7) is 2.79. The van der Waals surface area contributed by atoms with E-state index < -0.39 is 0 Å². The molecule has 0 aromatic carbocycles. The van der Waals surface area contributed by atoms with Crippen LogP contribution < -0.4 is 5.32 Å². The van der Waals surface area contributed by atoms with Crippen LogP contribution in [0.3, 0.4) is 0 Å². The van der Waals surface area contributed by atoms with Gasteiger partial charge in [0, 0.05) is 23.8 Å². The minimum absolute atomic E-state index is 0.0336. The van der Waals surface area contributed by atoms with E-state index in [9.17, 15) is 4.79 Å². The lowest BCUT2D eigenvalue weighted by atomic mass is 9.87. The lowest BCUT2D eigenvalue weighted by Gasteiger charge is -2.19. The van der Waals surface area contributed by atoms with Gasteiger partial charge in [-0.2, -0.15) is 0 Å². The summed E-state index contributed by atoms with van der Waals surface area (Å²) in [4.78, 5) is 18.6. The van der Waals surface area contributed by atoms with Crippen molar-refractivity contribution in [1.29, 1.82) is 0 Å². The van der Waals surface area contributed by atoms with Gasteiger partial charge in [-0.3, -0.25) is 9.78 Å². The van der Waals surface area contributed by atoms with E-state index in [4.69, 9.17) is 0 Å². The highest BCUT2D eigenvalue weighted by Crippen LogP contribution is 2.33. The molecular formula is C17H20N2OS. The Morgan fingerprint density at radius 1 is 1.52 bits per heavy atom. The van der Waals surface area contributed by atoms with Crippen LogP contribution in [0.2, 0.25) is 0 Å². The minimum Gasteiger partial charge on any atom is -0.347 e. The van der Waals surface area contributed by atoms with E-state index in [-0.39, 0.29) is 5.91 Å². The Bertz CT molecular complexity index is 621. The smallest absolute Gasteiger partial charge is 0.261 e. The van der Waals surface area contributed by atoms with Gasteiger partial charge in [-0.15, -0.1) is 11.3 Å². The largest absolute Gasteiger partial charge is 0.347 e. The molecule has 0 fully saturated rings. The number of aryl methyl sites for hydroxylation is 1. The predicted molar refractivity (Wildman–Crippen MR) is 85.5 cm³/mol. The van der Waals surface area contributed by atoms with Gasteiger partial charge in [0.1, 0.15) is 0 Å². The molecule has 0 spiro atoms. The van der Waals surface area contributed by atoms with Gasteiger partial charge in [0.05, 0.1) is 4.88 Å². The zero-order chi connectivity index (χ0) is 14.7. The number of rotatable bonds is 4. The zero-order valence-electron chi connectivity index (χ0n) is 12.3. The Morgan fingerprint density at radius 2 is 2.43 bits per heavy atom. The molecule has 0 unspecified atom stereocenters. The summed E-state index contributed by atoms with van der Waals surface area (Å²) in [5, 5.41) is 2.98. The maximum atomic E-state index is 12.3. The molecule has 0 bridgehead atoms. The predicted octanol–water partition coefficient (Wildman–Crippen LogP) is 3.59. The zero-order valence-corrected chi connectivity index (χ0v) is 13.1. The molecule has 2 heterocycles. The van der Waals surface area contributed by atoms with Crippen LogP contribution in [-0.4, -0.2) is 10.9 Å². The first kappa shape index (κ1) is 14.3. The molecule has 3 rings (SSSR count). The van der Waals surface area contributed by atoms with Gasteiger partial charge >= 0.3 is 0 Å². The molecule has 0 saturated carbocycles. The van der Waals surface area contributed by atoms with Gasteiger partial charge in [-0.1, -0.05) is 19.4 Å². The number of amides is 1. The maximum absolute atomic E-state index is 12.3. The molecule has 1 atom stereocenters. The first-order valence-corrected chi connectivity index (χ1v) is 8.36. The van der Waals surface area contributed by atoms with E-state index in [1.54, 1.807) is 23.7 Å². The lowest BCUT2D eigenvalue weighted by Crippen LogP contribution is -2.21. The van der Waals surface area contributed by atoms with Crippen LogP contribution in [0, 0.1) is 5.92 Å². The van der Waals surface area contributed by atoms with Gasteiger partial charge in [-0.25, -0.2) is 0 Å². The molecule has 4 heteroatoms. The topological polar surface area (TPSA) is 42.0 Å². The van der Waals surface area contributed by atoms with Crippen molar-refractivity contribution in [2.24, 2.45) is 5.92 Å².